The van der Waals surface area contributed by atoms with Gasteiger partial charge >= 0.3 is 6.03 Å². The van der Waals surface area contributed by atoms with E-state index in [9.17, 15) is 14.9 Å². The van der Waals surface area contributed by atoms with Crippen molar-refractivity contribution in [2.75, 3.05) is 31.6 Å². The highest BCUT2D eigenvalue weighted by Gasteiger charge is 2.18. The van der Waals surface area contributed by atoms with Gasteiger partial charge in [-0.15, -0.1) is 0 Å². The Hall–Kier alpha value is -1.67. The number of rotatable bonds is 2. The van der Waals surface area contributed by atoms with Crippen LogP contribution >= 0.6 is 15.9 Å². The molecule has 0 radical (unpaired) electrons. The van der Waals surface area contributed by atoms with Gasteiger partial charge in [-0.1, -0.05) is 0 Å². The Labute approximate surface area is 117 Å². The minimum Gasteiger partial charge on any atom is -0.378 e. The number of nitro benzene ring substituents is 1. The summed E-state index contributed by atoms with van der Waals surface area (Å²) < 4.78 is 5.75. The van der Waals surface area contributed by atoms with Gasteiger partial charge in [-0.25, -0.2) is 4.79 Å². The van der Waals surface area contributed by atoms with E-state index < -0.39 is 4.92 Å². The summed E-state index contributed by atoms with van der Waals surface area (Å²) in [5.41, 5.74) is 0.311. The van der Waals surface area contributed by atoms with Crippen LogP contribution in [0.2, 0.25) is 0 Å². The van der Waals surface area contributed by atoms with Crippen molar-refractivity contribution in [2.24, 2.45) is 0 Å². The molecule has 2 rings (SSSR count). The summed E-state index contributed by atoms with van der Waals surface area (Å²) in [5.74, 6) is 0. The number of amides is 2. The second-order valence-electron chi connectivity index (χ2n) is 3.95. The second-order valence-corrected chi connectivity index (χ2v) is 4.81. The van der Waals surface area contributed by atoms with E-state index >= 15 is 0 Å². The van der Waals surface area contributed by atoms with Crippen molar-refractivity contribution in [3.8, 4) is 0 Å². The summed E-state index contributed by atoms with van der Waals surface area (Å²) in [5, 5.41) is 13.4. The van der Waals surface area contributed by atoms with E-state index in [1.165, 1.54) is 18.2 Å². The maximum absolute atomic E-state index is 12.0. The molecule has 1 aliphatic heterocycles. The maximum Gasteiger partial charge on any atom is 0.322 e. The number of nitro groups is 1. The molecule has 1 aromatic rings. The van der Waals surface area contributed by atoms with Gasteiger partial charge in [0.05, 0.1) is 23.8 Å². The average Bonchev–Trinajstić information content (AvgIpc) is 2.42. The number of hydrogen-bond donors (Lipinski definition) is 1. The number of morpholine rings is 1. The molecule has 19 heavy (non-hydrogen) atoms. The number of anilines is 1. The van der Waals surface area contributed by atoms with Crippen molar-refractivity contribution < 1.29 is 14.5 Å². The SMILES string of the molecule is O=C(Nc1cc([N+](=O)[O-])ccc1Br)N1CCOCC1. The largest absolute Gasteiger partial charge is 0.378 e. The van der Waals surface area contributed by atoms with Gasteiger partial charge in [-0.05, 0) is 22.0 Å². The fourth-order valence-electron chi connectivity index (χ4n) is 1.68. The summed E-state index contributed by atoms with van der Waals surface area (Å²) >= 11 is 3.25. The number of nitrogens with one attached hydrogen (secondary N) is 1. The van der Waals surface area contributed by atoms with Crippen LogP contribution in [0.5, 0.6) is 0 Å². The zero-order chi connectivity index (χ0) is 13.8. The van der Waals surface area contributed by atoms with E-state index in [1.54, 1.807) is 4.90 Å². The standard InChI is InChI=1S/C11H12BrN3O4/c12-9-2-1-8(15(17)18)7-10(9)13-11(16)14-3-5-19-6-4-14/h1-2,7H,3-6H2,(H,13,16). The van der Waals surface area contributed by atoms with Crippen molar-refractivity contribution in [3.63, 3.8) is 0 Å². The van der Waals surface area contributed by atoms with Crippen LogP contribution in [0.25, 0.3) is 0 Å². The maximum atomic E-state index is 12.0. The summed E-state index contributed by atoms with van der Waals surface area (Å²) in [4.78, 5) is 23.8. The van der Waals surface area contributed by atoms with E-state index in [1.807, 2.05) is 0 Å². The van der Waals surface area contributed by atoms with Gasteiger partial charge in [0, 0.05) is 29.7 Å². The number of hydrogen-bond acceptors (Lipinski definition) is 4. The molecule has 1 N–H and O–H groups in total. The summed E-state index contributed by atoms with van der Waals surface area (Å²) in [6.07, 6.45) is 0. The zero-order valence-corrected chi connectivity index (χ0v) is 11.6. The number of ether oxygens (including phenoxy) is 1. The number of urea groups is 1. The van der Waals surface area contributed by atoms with Crippen molar-refractivity contribution in [1.29, 1.82) is 0 Å². The normalized spacial score (nSPS) is 15.1. The Morgan fingerprint density at radius 3 is 2.74 bits per heavy atom. The zero-order valence-electron chi connectivity index (χ0n) is 9.97. The molecule has 0 aliphatic carbocycles. The van der Waals surface area contributed by atoms with Crippen molar-refractivity contribution in [1.82, 2.24) is 4.90 Å². The molecule has 0 atom stereocenters. The van der Waals surface area contributed by atoms with Crippen molar-refractivity contribution in [3.05, 3.63) is 32.8 Å². The third-order valence-corrected chi connectivity index (χ3v) is 3.39. The number of halogens is 1. The lowest BCUT2D eigenvalue weighted by atomic mass is 10.3. The van der Waals surface area contributed by atoms with E-state index in [-0.39, 0.29) is 11.7 Å². The topological polar surface area (TPSA) is 84.7 Å². The lowest BCUT2D eigenvalue weighted by molar-refractivity contribution is -0.384. The highest BCUT2D eigenvalue weighted by atomic mass is 79.9. The van der Waals surface area contributed by atoms with Crippen LogP contribution in [0.3, 0.4) is 0 Å². The number of benzene rings is 1. The molecule has 0 aromatic heterocycles. The minimum absolute atomic E-state index is 0.0690. The van der Waals surface area contributed by atoms with Gasteiger partial charge in [0.2, 0.25) is 0 Å². The van der Waals surface area contributed by atoms with Gasteiger partial charge < -0.3 is 15.0 Å². The smallest absolute Gasteiger partial charge is 0.322 e. The lowest BCUT2D eigenvalue weighted by Crippen LogP contribution is -2.43. The minimum atomic E-state index is -0.503. The summed E-state index contributed by atoms with van der Waals surface area (Å²) in [7, 11) is 0. The van der Waals surface area contributed by atoms with Crippen LogP contribution in [0.1, 0.15) is 0 Å². The van der Waals surface area contributed by atoms with Crippen molar-refractivity contribution >= 4 is 33.3 Å². The Bertz CT molecular complexity index is 503. The van der Waals surface area contributed by atoms with Gasteiger partial charge in [-0.2, -0.15) is 0 Å². The average molecular weight is 330 g/mol. The monoisotopic (exact) mass is 329 g/mol. The Morgan fingerprint density at radius 2 is 2.11 bits per heavy atom. The molecule has 2 amide bonds. The number of carbonyl (C=O) groups excluding carboxylic acids is 1. The fraction of sp³-hybridized carbons (Fsp3) is 0.364. The van der Waals surface area contributed by atoms with E-state index in [4.69, 9.17) is 4.74 Å². The molecule has 0 saturated carbocycles. The third-order valence-electron chi connectivity index (χ3n) is 2.70. The highest BCUT2D eigenvalue weighted by molar-refractivity contribution is 9.10. The molecule has 1 aliphatic rings. The lowest BCUT2D eigenvalue weighted by Gasteiger charge is -2.27. The van der Waals surface area contributed by atoms with E-state index in [0.717, 1.165) is 0 Å². The Kier molecular flexibility index (Phi) is 4.33. The first-order chi connectivity index (χ1) is 9.08. The Morgan fingerprint density at radius 1 is 1.42 bits per heavy atom. The van der Waals surface area contributed by atoms with Gasteiger partial charge in [-0.3, -0.25) is 10.1 Å². The van der Waals surface area contributed by atoms with Crippen LogP contribution in [-0.2, 0) is 4.74 Å². The first-order valence-electron chi connectivity index (χ1n) is 5.65. The molecule has 0 bridgehead atoms. The Balaban J connectivity index is 2.11. The van der Waals surface area contributed by atoms with Gasteiger partial charge in [0.15, 0.2) is 0 Å². The summed E-state index contributed by atoms with van der Waals surface area (Å²) in [6, 6.07) is 3.94. The fourth-order valence-corrected chi connectivity index (χ4v) is 2.03. The predicted molar refractivity (Wildman–Crippen MR) is 72.2 cm³/mol. The quantitative estimate of drug-likeness (QED) is 0.666. The highest BCUT2D eigenvalue weighted by Crippen LogP contribution is 2.27. The van der Waals surface area contributed by atoms with Gasteiger partial charge in [0.25, 0.3) is 5.69 Å². The van der Waals surface area contributed by atoms with Crippen molar-refractivity contribution in [2.45, 2.75) is 0 Å². The molecule has 0 spiro atoms. The third kappa shape index (κ3) is 3.42. The molecule has 1 fully saturated rings. The molecular formula is C11H12BrN3O4. The van der Waals surface area contributed by atoms with E-state index in [0.29, 0.717) is 36.5 Å². The van der Waals surface area contributed by atoms with Gasteiger partial charge in [0.1, 0.15) is 0 Å². The molecule has 102 valence electrons. The molecule has 8 heteroatoms. The number of nitrogens with zero attached hydrogens (tertiary/aromatic N) is 2. The number of non-ortho nitro benzene ring substituents is 1. The van der Waals surface area contributed by atoms with Crippen LogP contribution in [-0.4, -0.2) is 42.2 Å². The molecule has 1 heterocycles. The van der Waals surface area contributed by atoms with Crippen LogP contribution in [0, 0.1) is 10.1 Å². The first-order valence-corrected chi connectivity index (χ1v) is 6.45. The van der Waals surface area contributed by atoms with E-state index in [2.05, 4.69) is 21.2 Å². The van der Waals surface area contributed by atoms with Crippen LogP contribution in [0.4, 0.5) is 16.2 Å². The molecule has 7 nitrogen and oxygen atoms in total. The molecule has 1 aromatic carbocycles. The predicted octanol–water partition coefficient (Wildman–Crippen LogP) is 2.22. The molecular weight excluding hydrogens is 318 g/mol. The number of carbonyl (C=O) groups is 1. The summed E-state index contributed by atoms with van der Waals surface area (Å²) in [6.45, 7) is 2.03. The van der Waals surface area contributed by atoms with Crippen LogP contribution in [0.15, 0.2) is 22.7 Å². The second kappa shape index (κ2) is 5.98. The first kappa shape index (κ1) is 13.8. The molecule has 0 unspecified atom stereocenters. The molecule has 1 saturated heterocycles. The van der Waals surface area contributed by atoms with Crippen LogP contribution < -0.4 is 5.32 Å².